The van der Waals surface area contributed by atoms with Gasteiger partial charge in [0.25, 0.3) is 5.91 Å². The van der Waals surface area contributed by atoms with Crippen LogP contribution in [0.5, 0.6) is 0 Å². The molecule has 0 bridgehead atoms. The molecule has 0 atom stereocenters. The lowest BCUT2D eigenvalue weighted by Gasteiger charge is -2.23. The van der Waals surface area contributed by atoms with Gasteiger partial charge in [0.05, 0.1) is 28.2 Å². The maximum atomic E-state index is 12.2. The monoisotopic (exact) mass is 443 g/mol. The number of anilines is 2. The number of nitrogens with two attached hydrogens (primary N) is 1. The fourth-order valence-corrected chi connectivity index (χ4v) is 3.95. The third kappa shape index (κ3) is 5.85. The molecule has 0 aliphatic carbocycles. The molecule has 2 amide bonds. The molecule has 0 radical (unpaired) electrons. The summed E-state index contributed by atoms with van der Waals surface area (Å²) >= 11 is 12.0. The van der Waals surface area contributed by atoms with E-state index in [0.717, 1.165) is 10.6 Å². The van der Waals surface area contributed by atoms with Crippen LogP contribution in [0.1, 0.15) is 23.2 Å². The van der Waals surface area contributed by atoms with Gasteiger partial charge in [-0.25, -0.2) is 8.42 Å². The van der Waals surface area contributed by atoms with Crippen LogP contribution in [0.15, 0.2) is 42.5 Å². The second kappa shape index (κ2) is 9.27. The van der Waals surface area contributed by atoms with E-state index < -0.39 is 15.9 Å². The van der Waals surface area contributed by atoms with E-state index in [1.54, 1.807) is 24.3 Å². The van der Waals surface area contributed by atoms with Gasteiger partial charge in [0.15, 0.2) is 0 Å². The van der Waals surface area contributed by atoms with Crippen molar-refractivity contribution in [2.75, 3.05) is 22.4 Å². The van der Waals surface area contributed by atoms with E-state index in [9.17, 15) is 18.0 Å². The van der Waals surface area contributed by atoms with Crippen LogP contribution in [0.3, 0.4) is 0 Å². The lowest BCUT2D eigenvalue weighted by molar-refractivity contribution is -0.116. The van der Waals surface area contributed by atoms with Crippen LogP contribution >= 0.6 is 23.2 Å². The zero-order chi connectivity index (χ0) is 20.9. The molecule has 3 N–H and O–H groups in total. The summed E-state index contributed by atoms with van der Waals surface area (Å²) in [5.74, 6) is -1.03. The summed E-state index contributed by atoms with van der Waals surface area (Å²) in [5.41, 5.74) is 6.03. The molecule has 7 nitrogen and oxygen atoms in total. The number of hydrogen-bond acceptors (Lipinski definition) is 4. The number of nitrogens with one attached hydrogen (secondary N) is 1. The van der Waals surface area contributed by atoms with E-state index in [1.165, 1.54) is 18.2 Å². The number of amides is 2. The zero-order valence-corrected chi connectivity index (χ0v) is 17.3. The molecule has 10 heteroatoms. The number of benzene rings is 2. The number of carbonyl (C=O) groups is 2. The largest absolute Gasteiger partial charge is 0.366 e. The molecule has 0 heterocycles. The molecule has 0 saturated heterocycles. The van der Waals surface area contributed by atoms with Crippen LogP contribution in [0, 0.1) is 0 Å². The maximum Gasteiger partial charge on any atom is 0.250 e. The second-order valence-electron chi connectivity index (χ2n) is 5.99. The van der Waals surface area contributed by atoms with Crippen LogP contribution < -0.4 is 15.4 Å². The normalized spacial score (nSPS) is 11.1. The number of halogens is 2. The molecule has 0 fully saturated rings. The molecule has 0 aromatic heterocycles. The first-order valence-electron chi connectivity index (χ1n) is 8.21. The number of sulfonamides is 1. The van der Waals surface area contributed by atoms with Crippen LogP contribution in [0.2, 0.25) is 10.0 Å². The van der Waals surface area contributed by atoms with Crippen LogP contribution in [-0.4, -0.2) is 33.0 Å². The van der Waals surface area contributed by atoms with Gasteiger partial charge in [-0.15, -0.1) is 0 Å². The molecule has 150 valence electrons. The molecule has 0 aliphatic rings. The van der Waals surface area contributed by atoms with Gasteiger partial charge >= 0.3 is 0 Å². The van der Waals surface area contributed by atoms with Gasteiger partial charge in [0, 0.05) is 18.0 Å². The van der Waals surface area contributed by atoms with Crippen LogP contribution in [0.4, 0.5) is 11.4 Å². The molecule has 0 spiro atoms. The van der Waals surface area contributed by atoms with E-state index in [4.69, 9.17) is 28.9 Å². The van der Waals surface area contributed by atoms with Crippen molar-refractivity contribution in [3.63, 3.8) is 0 Å². The van der Waals surface area contributed by atoms with Gasteiger partial charge in [0.2, 0.25) is 15.9 Å². The number of nitrogens with zero attached hydrogens (tertiary/aromatic N) is 1. The van der Waals surface area contributed by atoms with Gasteiger partial charge in [0.1, 0.15) is 0 Å². The summed E-state index contributed by atoms with van der Waals surface area (Å²) in [7, 11) is -3.63. The third-order valence-electron chi connectivity index (χ3n) is 3.81. The molecular formula is C18H19Cl2N3O4S. The number of hydrogen-bond donors (Lipinski definition) is 2. The van der Waals surface area contributed by atoms with Crippen LogP contribution in [-0.2, 0) is 14.8 Å². The van der Waals surface area contributed by atoms with Crippen molar-refractivity contribution in [1.82, 2.24) is 0 Å². The minimum atomic E-state index is -3.63. The molecular weight excluding hydrogens is 425 g/mol. The molecule has 2 aromatic carbocycles. The predicted octanol–water partition coefficient (Wildman–Crippen LogP) is 3.28. The lowest BCUT2D eigenvalue weighted by Crippen LogP contribution is -2.31. The first kappa shape index (κ1) is 22.0. The van der Waals surface area contributed by atoms with Crippen molar-refractivity contribution >= 4 is 56.4 Å². The Kier molecular flexibility index (Phi) is 7.29. The molecule has 0 aliphatic heterocycles. The van der Waals surface area contributed by atoms with Gasteiger partial charge in [-0.3, -0.25) is 13.9 Å². The average Bonchev–Trinajstić information content (AvgIpc) is 2.60. The molecule has 0 saturated carbocycles. The summed E-state index contributed by atoms with van der Waals surface area (Å²) < 4.78 is 25.4. The molecule has 2 rings (SSSR count). The Labute approximate surface area is 173 Å². The Hall–Kier alpha value is -2.29. The first-order chi connectivity index (χ1) is 13.1. The summed E-state index contributed by atoms with van der Waals surface area (Å²) in [6.45, 7) is 0.0315. The highest BCUT2D eigenvalue weighted by atomic mass is 35.5. The Morgan fingerprint density at radius 2 is 1.82 bits per heavy atom. The van der Waals surface area contributed by atoms with Gasteiger partial charge in [-0.2, -0.15) is 0 Å². The van der Waals surface area contributed by atoms with Crippen molar-refractivity contribution in [2.24, 2.45) is 5.73 Å². The lowest BCUT2D eigenvalue weighted by atomic mass is 10.1. The van der Waals surface area contributed by atoms with Crippen molar-refractivity contribution < 1.29 is 18.0 Å². The second-order valence-corrected chi connectivity index (χ2v) is 8.74. The fraction of sp³-hybridized carbons (Fsp3) is 0.222. The SMILES string of the molecule is CS(=O)(=O)N(CCCC(=O)Nc1ccccc1C(N)=O)c1cc(Cl)ccc1Cl. The smallest absolute Gasteiger partial charge is 0.250 e. The van der Waals surface area contributed by atoms with Gasteiger partial charge in [-0.1, -0.05) is 35.3 Å². The maximum absolute atomic E-state index is 12.2. The van der Waals surface area contributed by atoms with Crippen molar-refractivity contribution in [3.8, 4) is 0 Å². The molecule has 2 aromatic rings. The summed E-state index contributed by atoms with van der Waals surface area (Å²) in [6, 6.07) is 10.9. The zero-order valence-electron chi connectivity index (χ0n) is 15.0. The highest BCUT2D eigenvalue weighted by Gasteiger charge is 2.20. The van der Waals surface area contributed by atoms with E-state index in [2.05, 4.69) is 5.32 Å². The van der Waals surface area contributed by atoms with Crippen LogP contribution in [0.25, 0.3) is 0 Å². The highest BCUT2D eigenvalue weighted by molar-refractivity contribution is 7.92. The quantitative estimate of drug-likeness (QED) is 0.651. The van der Waals surface area contributed by atoms with Crippen molar-refractivity contribution in [2.45, 2.75) is 12.8 Å². The Morgan fingerprint density at radius 3 is 2.46 bits per heavy atom. The average molecular weight is 444 g/mol. The summed E-state index contributed by atoms with van der Waals surface area (Å²) in [6.07, 6.45) is 1.30. The van der Waals surface area contributed by atoms with E-state index in [1.807, 2.05) is 0 Å². The Bertz CT molecular complexity index is 996. The fourth-order valence-electron chi connectivity index (χ4n) is 2.54. The van der Waals surface area contributed by atoms with Gasteiger partial charge in [-0.05, 0) is 36.8 Å². The number of carbonyl (C=O) groups excluding carboxylic acids is 2. The minimum absolute atomic E-state index is 0.0251. The Morgan fingerprint density at radius 1 is 1.14 bits per heavy atom. The minimum Gasteiger partial charge on any atom is -0.366 e. The topological polar surface area (TPSA) is 110 Å². The number of rotatable bonds is 8. The number of para-hydroxylation sites is 1. The van der Waals surface area contributed by atoms with Crippen molar-refractivity contribution in [3.05, 3.63) is 58.1 Å². The van der Waals surface area contributed by atoms with E-state index >= 15 is 0 Å². The third-order valence-corrected chi connectivity index (χ3v) is 5.54. The molecule has 0 unspecified atom stereocenters. The summed E-state index contributed by atoms with van der Waals surface area (Å²) in [4.78, 5) is 23.6. The number of primary amides is 1. The van der Waals surface area contributed by atoms with Crippen molar-refractivity contribution in [1.29, 1.82) is 0 Å². The molecule has 28 heavy (non-hydrogen) atoms. The first-order valence-corrected chi connectivity index (χ1v) is 10.8. The predicted molar refractivity (Wildman–Crippen MR) is 111 cm³/mol. The standard InChI is InChI=1S/C18H19Cl2N3O4S/c1-28(26,27)23(16-11-12(19)8-9-14(16)20)10-4-7-17(24)22-15-6-3-2-5-13(15)18(21)25/h2-3,5-6,8-9,11H,4,7,10H2,1H3,(H2,21,25)(H,22,24). The van der Waals surface area contributed by atoms with E-state index in [0.29, 0.717) is 10.7 Å². The Balaban J connectivity index is 2.06. The van der Waals surface area contributed by atoms with E-state index in [-0.39, 0.29) is 41.6 Å². The highest BCUT2D eigenvalue weighted by Crippen LogP contribution is 2.30. The summed E-state index contributed by atoms with van der Waals surface area (Å²) in [5, 5.41) is 3.18. The van der Waals surface area contributed by atoms with Gasteiger partial charge < -0.3 is 11.1 Å².